The molecule has 0 saturated heterocycles. The smallest absolute Gasteiger partial charge is 0.416 e. The molecular weight excluding hydrogens is 381 g/mol. The Hall–Kier alpha value is -2.23. The van der Waals surface area contributed by atoms with Crippen molar-refractivity contribution in [1.82, 2.24) is 20.1 Å². The van der Waals surface area contributed by atoms with Gasteiger partial charge >= 0.3 is 6.18 Å². The van der Waals surface area contributed by atoms with Crippen LogP contribution < -0.4 is 10.1 Å². The summed E-state index contributed by atoms with van der Waals surface area (Å²) in [4.78, 5) is 11.8. The molecule has 1 aromatic heterocycles. The summed E-state index contributed by atoms with van der Waals surface area (Å²) in [5, 5.41) is 11.6. The molecule has 0 radical (unpaired) electrons. The summed E-state index contributed by atoms with van der Waals surface area (Å²) < 4.78 is 45.5. The van der Waals surface area contributed by atoms with E-state index in [1.54, 1.807) is 4.57 Å². The van der Waals surface area contributed by atoms with Crippen LogP contribution in [0.25, 0.3) is 0 Å². The Morgan fingerprint density at radius 2 is 2.15 bits per heavy atom. The Morgan fingerprint density at radius 1 is 1.37 bits per heavy atom. The molecule has 0 spiro atoms. The van der Waals surface area contributed by atoms with E-state index in [9.17, 15) is 18.0 Å². The zero-order valence-corrected chi connectivity index (χ0v) is 15.4. The first-order chi connectivity index (χ1) is 12.9. The molecule has 1 saturated carbocycles. The molecule has 0 atom stereocenters. The molecule has 0 bridgehead atoms. The third-order valence-electron chi connectivity index (χ3n) is 3.91. The second-order valence-corrected chi connectivity index (χ2v) is 7.03. The van der Waals surface area contributed by atoms with Gasteiger partial charge in [0.25, 0.3) is 0 Å². The molecule has 1 heterocycles. The first-order valence-corrected chi connectivity index (χ1v) is 9.49. The van der Waals surface area contributed by atoms with Crippen molar-refractivity contribution in [2.24, 2.45) is 0 Å². The molecule has 1 aliphatic carbocycles. The number of thioether (sulfide) groups is 1. The number of halogens is 3. The maximum absolute atomic E-state index is 12.8. The molecule has 146 valence electrons. The van der Waals surface area contributed by atoms with Gasteiger partial charge in [0.2, 0.25) is 5.91 Å². The number of hydrogen-bond acceptors (Lipinski definition) is 5. The molecule has 1 fully saturated rings. The summed E-state index contributed by atoms with van der Waals surface area (Å²) in [6, 6.07) is 4.99. The fourth-order valence-electron chi connectivity index (χ4n) is 2.39. The fourth-order valence-corrected chi connectivity index (χ4v) is 3.22. The number of alkyl halides is 3. The predicted octanol–water partition coefficient (Wildman–Crippen LogP) is 3.27. The Labute approximate surface area is 158 Å². The number of ether oxygens (including phenoxy) is 1. The van der Waals surface area contributed by atoms with E-state index in [4.69, 9.17) is 4.74 Å². The minimum absolute atomic E-state index is 0.0169. The van der Waals surface area contributed by atoms with Crippen molar-refractivity contribution in [3.63, 3.8) is 0 Å². The Bertz CT molecular complexity index is 806. The molecule has 1 N–H and O–H groups in total. The summed E-state index contributed by atoms with van der Waals surface area (Å²) in [6.07, 6.45) is -2.37. The Balaban J connectivity index is 1.60. The average molecular weight is 400 g/mol. The third-order valence-corrected chi connectivity index (χ3v) is 4.88. The quantitative estimate of drug-likeness (QED) is 0.689. The van der Waals surface area contributed by atoms with Crippen molar-refractivity contribution in [3.05, 3.63) is 35.7 Å². The average Bonchev–Trinajstić information content (AvgIpc) is 3.35. The van der Waals surface area contributed by atoms with Gasteiger partial charge in [0.05, 0.1) is 11.3 Å². The number of benzene rings is 1. The maximum Gasteiger partial charge on any atom is 0.416 e. The maximum atomic E-state index is 12.8. The van der Waals surface area contributed by atoms with Gasteiger partial charge in [0, 0.05) is 12.6 Å². The normalized spacial score (nSPS) is 14.2. The number of hydrogen-bond donors (Lipinski definition) is 1. The van der Waals surface area contributed by atoms with Gasteiger partial charge in [-0.3, -0.25) is 4.79 Å². The molecule has 1 aliphatic rings. The van der Waals surface area contributed by atoms with Crippen LogP contribution in [0.5, 0.6) is 5.75 Å². The number of carbonyl (C=O) groups is 1. The molecule has 0 aliphatic heterocycles. The zero-order chi connectivity index (χ0) is 19.4. The monoisotopic (exact) mass is 400 g/mol. The largest absolute Gasteiger partial charge is 0.486 e. The molecule has 3 rings (SSSR count). The lowest BCUT2D eigenvalue weighted by Gasteiger charge is -2.11. The molecule has 2 aromatic rings. The first kappa shape index (κ1) is 19.5. The lowest BCUT2D eigenvalue weighted by molar-refractivity contribution is -0.137. The second-order valence-electron chi connectivity index (χ2n) is 6.09. The Kier molecular flexibility index (Phi) is 5.93. The van der Waals surface area contributed by atoms with E-state index in [0.717, 1.165) is 25.0 Å². The molecule has 6 nitrogen and oxygen atoms in total. The minimum Gasteiger partial charge on any atom is -0.486 e. The lowest BCUT2D eigenvalue weighted by atomic mass is 10.2. The van der Waals surface area contributed by atoms with E-state index in [2.05, 4.69) is 15.5 Å². The van der Waals surface area contributed by atoms with E-state index < -0.39 is 11.7 Å². The Morgan fingerprint density at radius 3 is 2.81 bits per heavy atom. The molecule has 0 unspecified atom stereocenters. The number of amides is 1. The highest BCUT2D eigenvalue weighted by atomic mass is 32.2. The molecule has 10 heteroatoms. The SMILES string of the molecule is CCn1c(COc2cccc(C(F)(F)F)c2)nnc1SCC(=O)NC1CC1. The van der Waals surface area contributed by atoms with E-state index in [1.807, 2.05) is 6.92 Å². The van der Waals surface area contributed by atoms with Crippen molar-refractivity contribution in [3.8, 4) is 5.75 Å². The predicted molar refractivity (Wildman–Crippen MR) is 93.4 cm³/mol. The number of rotatable bonds is 8. The van der Waals surface area contributed by atoms with Crippen LogP contribution in [0.2, 0.25) is 0 Å². The summed E-state index contributed by atoms with van der Waals surface area (Å²) in [5.41, 5.74) is -0.769. The van der Waals surface area contributed by atoms with Gasteiger partial charge in [-0.15, -0.1) is 10.2 Å². The first-order valence-electron chi connectivity index (χ1n) is 8.51. The number of nitrogens with one attached hydrogen (secondary N) is 1. The van der Waals surface area contributed by atoms with Crippen molar-refractivity contribution < 1.29 is 22.7 Å². The van der Waals surface area contributed by atoms with Crippen molar-refractivity contribution in [2.75, 3.05) is 5.75 Å². The van der Waals surface area contributed by atoms with Gasteiger partial charge < -0.3 is 14.6 Å². The van der Waals surface area contributed by atoms with Crippen LogP contribution in [0.4, 0.5) is 13.2 Å². The van der Waals surface area contributed by atoms with Crippen LogP contribution in [0.3, 0.4) is 0 Å². The van der Waals surface area contributed by atoms with Crippen LogP contribution in [-0.4, -0.2) is 32.5 Å². The second kappa shape index (κ2) is 8.20. The molecule has 1 aromatic carbocycles. The van der Waals surface area contributed by atoms with Gasteiger partial charge in [-0.1, -0.05) is 17.8 Å². The van der Waals surface area contributed by atoms with Crippen molar-refractivity contribution in [2.45, 2.75) is 50.3 Å². The topological polar surface area (TPSA) is 69.0 Å². The fraction of sp³-hybridized carbons (Fsp3) is 0.471. The summed E-state index contributed by atoms with van der Waals surface area (Å²) >= 11 is 1.27. The highest BCUT2D eigenvalue weighted by Crippen LogP contribution is 2.31. The number of aromatic nitrogens is 3. The minimum atomic E-state index is -4.42. The van der Waals surface area contributed by atoms with Crippen molar-refractivity contribution in [1.29, 1.82) is 0 Å². The highest BCUT2D eigenvalue weighted by molar-refractivity contribution is 7.99. The number of nitrogens with zero attached hydrogens (tertiary/aromatic N) is 3. The van der Waals surface area contributed by atoms with Crippen molar-refractivity contribution >= 4 is 17.7 Å². The van der Waals surface area contributed by atoms with Crippen LogP contribution in [0.15, 0.2) is 29.4 Å². The van der Waals surface area contributed by atoms with E-state index >= 15 is 0 Å². The summed E-state index contributed by atoms with van der Waals surface area (Å²) in [6.45, 7) is 2.43. The van der Waals surface area contributed by atoms with E-state index in [1.165, 1.54) is 23.9 Å². The molecular formula is C17H19F3N4O2S. The van der Waals surface area contributed by atoms with Gasteiger partial charge in [-0.25, -0.2) is 0 Å². The van der Waals surface area contributed by atoms with Crippen LogP contribution in [0.1, 0.15) is 31.2 Å². The van der Waals surface area contributed by atoms with E-state index in [0.29, 0.717) is 23.6 Å². The summed E-state index contributed by atoms with van der Waals surface area (Å²) in [7, 11) is 0. The van der Waals surface area contributed by atoms with Gasteiger partial charge in [0.1, 0.15) is 12.4 Å². The van der Waals surface area contributed by atoms with Crippen LogP contribution in [0, 0.1) is 0 Å². The number of carbonyl (C=O) groups excluding carboxylic acids is 1. The van der Waals surface area contributed by atoms with Gasteiger partial charge in [-0.05, 0) is 38.0 Å². The standard InChI is InChI=1S/C17H19F3N4O2S/c1-2-24-14(9-26-13-5-3-4-11(8-13)17(18,19)20)22-23-16(24)27-10-15(25)21-12-6-7-12/h3-5,8,12H,2,6-7,9-10H2,1H3,(H,21,25). The lowest BCUT2D eigenvalue weighted by Crippen LogP contribution is -2.27. The highest BCUT2D eigenvalue weighted by Gasteiger charge is 2.30. The van der Waals surface area contributed by atoms with Gasteiger partial charge in [-0.2, -0.15) is 13.2 Å². The van der Waals surface area contributed by atoms with Gasteiger partial charge in [0.15, 0.2) is 11.0 Å². The van der Waals surface area contributed by atoms with Crippen LogP contribution >= 0.6 is 11.8 Å². The molecule has 27 heavy (non-hydrogen) atoms. The summed E-state index contributed by atoms with van der Waals surface area (Å²) in [5.74, 6) is 0.784. The zero-order valence-electron chi connectivity index (χ0n) is 14.6. The third kappa shape index (κ3) is 5.38. The van der Waals surface area contributed by atoms with Crippen LogP contribution in [-0.2, 0) is 24.1 Å². The molecule has 1 amide bonds. The van der Waals surface area contributed by atoms with E-state index in [-0.39, 0.29) is 24.0 Å².